The van der Waals surface area contributed by atoms with Gasteiger partial charge in [0.25, 0.3) is 11.8 Å². The molecule has 1 unspecified atom stereocenters. The third-order valence-corrected chi connectivity index (χ3v) is 4.92. The van der Waals surface area contributed by atoms with Gasteiger partial charge in [0.2, 0.25) is 11.8 Å². The summed E-state index contributed by atoms with van der Waals surface area (Å²) < 4.78 is 10.4. The molecule has 1 N–H and O–H groups in total. The number of imide groups is 2. The van der Waals surface area contributed by atoms with E-state index in [2.05, 4.69) is 17.2 Å². The van der Waals surface area contributed by atoms with Crippen LogP contribution in [0.4, 0.5) is 0 Å². The molecule has 1 aromatic rings. The molecule has 9 heteroatoms. The van der Waals surface area contributed by atoms with Crippen LogP contribution in [0.2, 0.25) is 0 Å². The van der Waals surface area contributed by atoms with Crippen molar-refractivity contribution in [3.63, 3.8) is 0 Å². The number of carbonyl (C=O) groups excluding carboxylic acids is 5. The van der Waals surface area contributed by atoms with Crippen LogP contribution in [0.1, 0.15) is 72.7 Å². The van der Waals surface area contributed by atoms with Gasteiger partial charge in [-0.3, -0.25) is 29.4 Å². The predicted octanol–water partition coefficient (Wildman–Crippen LogP) is 1.58. The first kappa shape index (κ1) is 24.1. The van der Waals surface area contributed by atoms with Gasteiger partial charge >= 0.3 is 5.97 Å². The quantitative estimate of drug-likeness (QED) is 0.300. The molecule has 1 fully saturated rings. The predicted molar refractivity (Wildman–Crippen MR) is 116 cm³/mol. The first-order chi connectivity index (χ1) is 15.6. The molecule has 0 aromatic heterocycles. The van der Waals surface area contributed by atoms with Gasteiger partial charge in [-0.2, -0.15) is 0 Å². The second kappa shape index (κ2) is 9.96. The van der Waals surface area contributed by atoms with E-state index in [1.807, 2.05) is 0 Å². The third kappa shape index (κ3) is 5.84. The van der Waals surface area contributed by atoms with Crippen LogP contribution in [-0.2, 0) is 23.9 Å². The molecule has 174 valence electrons. The molecule has 1 aromatic carbocycles. The van der Waals surface area contributed by atoms with Gasteiger partial charge in [0.05, 0.1) is 11.1 Å². The van der Waals surface area contributed by atoms with E-state index in [1.54, 1.807) is 32.9 Å². The van der Waals surface area contributed by atoms with E-state index in [9.17, 15) is 24.0 Å². The van der Waals surface area contributed by atoms with Gasteiger partial charge < -0.3 is 9.47 Å². The molecular weight excluding hydrogens is 428 g/mol. The van der Waals surface area contributed by atoms with Crippen LogP contribution >= 0.6 is 0 Å². The zero-order chi connectivity index (χ0) is 24.2. The number of piperidine rings is 1. The average molecular weight is 454 g/mol. The molecule has 2 aliphatic rings. The second-order valence-corrected chi connectivity index (χ2v) is 8.72. The SMILES string of the molecule is CC(C)(C)OC(=O)COCCCC#Cc1cccc2c1C(=O)N(C1CCC(=O)NC1=O)C2=O. The number of rotatable bonds is 6. The van der Waals surface area contributed by atoms with Crippen molar-refractivity contribution in [1.29, 1.82) is 0 Å². The molecule has 0 radical (unpaired) electrons. The molecule has 0 saturated carbocycles. The number of fused-ring (bicyclic) bond motifs is 1. The number of hydrogen-bond acceptors (Lipinski definition) is 7. The molecule has 1 atom stereocenters. The fraction of sp³-hybridized carbons (Fsp3) is 0.458. The number of carbonyl (C=O) groups is 5. The summed E-state index contributed by atoms with van der Waals surface area (Å²) in [4.78, 5) is 61.9. The highest BCUT2D eigenvalue weighted by atomic mass is 16.6. The molecule has 0 spiro atoms. The summed E-state index contributed by atoms with van der Waals surface area (Å²) in [7, 11) is 0. The van der Waals surface area contributed by atoms with E-state index >= 15 is 0 Å². The van der Waals surface area contributed by atoms with Crippen molar-refractivity contribution >= 4 is 29.6 Å². The van der Waals surface area contributed by atoms with Gasteiger partial charge in [0, 0.05) is 25.0 Å². The van der Waals surface area contributed by atoms with Gasteiger partial charge in [-0.25, -0.2) is 4.79 Å². The number of hydrogen-bond donors (Lipinski definition) is 1. The van der Waals surface area contributed by atoms with Crippen LogP contribution in [0.25, 0.3) is 0 Å². The second-order valence-electron chi connectivity index (χ2n) is 8.72. The Hall–Kier alpha value is -3.51. The van der Waals surface area contributed by atoms with E-state index in [-0.39, 0.29) is 30.6 Å². The molecule has 4 amide bonds. The number of nitrogens with one attached hydrogen (secondary N) is 1. The number of benzene rings is 1. The molecule has 9 nitrogen and oxygen atoms in total. The number of nitrogens with zero attached hydrogens (tertiary/aromatic N) is 1. The van der Waals surface area contributed by atoms with Gasteiger partial charge in [-0.05, 0) is 45.7 Å². The molecule has 0 bridgehead atoms. The highest BCUT2D eigenvalue weighted by molar-refractivity contribution is 6.24. The van der Waals surface area contributed by atoms with Crippen LogP contribution in [-0.4, -0.2) is 59.4 Å². The summed E-state index contributed by atoms with van der Waals surface area (Å²) in [6.45, 7) is 5.53. The minimum atomic E-state index is -1.02. The molecular formula is C24H26N2O7. The number of amides is 4. The van der Waals surface area contributed by atoms with Crippen molar-refractivity contribution in [2.45, 2.75) is 58.1 Å². The van der Waals surface area contributed by atoms with Gasteiger partial charge in [0.1, 0.15) is 18.2 Å². The zero-order valence-electron chi connectivity index (χ0n) is 18.9. The zero-order valence-corrected chi connectivity index (χ0v) is 18.9. The minimum Gasteiger partial charge on any atom is -0.458 e. The van der Waals surface area contributed by atoms with Crippen LogP contribution in [0.15, 0.2) is 18.2 Å². The maximum absolute atomic E-state index is 13.0. The van der Waals surface area contributed by atoms with E-state index in [4.69, 9.17) is 9.47 Å². The summed E-state index contributed by atoms with van der Waals surface area (Å²) >= 11 is 0. The van der Waals surface area contributed by atoms with E-state index < -0.39 is 41.2 Å². The lowest BCUT2D eigenvalue weighted by atomic mass is 10.0. The Kier molecular flexibility index (Phi) is 7.29. The Labute approximate surface area is 191 Å². The molecule has 0 aliphatic carbocycles. The van der Waals surface area contributed by atoms with Crippen molar-refractivity contribution in [3.05, 3.63) is 34.9 Å². The Morgan fingerprint density at radius 1 is 1.18 bits per heavy atom. The Balaban J connectivity index is 1.58. The van der Waals surface area contributed by atoms with Gasteiger partial charge in [0.15, 0.2) is 0 Å². The largest absolute Gasteiger partial charge is 0.458 e. The van der Waals surface area contributed by atoms with E-state index in [1.165, 1.54) is 6.07 Å². The summed E-state index contributed by atoms with van der Waals surface area (Å²) in [5.74, 6) is 3.21. The smallest absolute Gasteiger partial charge is 0.332 e. The maximum Gasteiger partial charge on any atom is 0.332 e. The fourth-order valence-electron chi connectivity index (χ4n) is 3.57. The third-order valence-electron chi connectivity index (χ3n) is 4.92. The lowest BCUT2D eigenvalue weighted by Gasteiger charge is -2.27. The Bertz CT molecular complexity index is 1060. The normalized spacial score (nSPS) is 17.9. The van der Waals surface area contributed by atoms with E-state index in [0.717, 1.165) is 4.90 Å². The highest BCUT2D eigenvalue weighted by Gasteiger charge is 2.45. The van der Waals surface area contributed by atoms with Crippen molar-refractivity contribution in [3.8, 4) is 11.8 Å². The Morgan fingerprint density at radius 3 is 2.64 bits per heavy atom. The van der Waals surface area contributed by atoms with Crippen LogP contribution in [0.5, 0.6) is 0 Å². The molecule has 3 rings (SSSR count). The molecule has 1 saturated heterocycles. The molecule has 33 heavy (non-hydrogen) atoms. The standard InChI is InChI=1S/C24H26N2O7/c1-24(2,3)33-19(28)14-32-13-6-4-5-8-15-9-7-10-16-20(15)23(31)26(22(16)30)17-11-12-18(27)25-21(17)29/h7,9-10,17H,4,6,11-14H2,1-3H3,(H,25,27,29). The van der Waals surface area contributed by atoms with Crippen molar-refractivity contribution in [2.75, 3.05) is 13.2 Å². The summed E-state index contributed by atoms with van der Waals surface area (Å²) in [6.07, 6.45) is 1.18. The Morgan fingerprint density at radius 2 is 1.94 bits per heavy atom. The fourth-order valence-corrected chi connectivity index (χ4v) is 3.57. The summed E-state index contributed by atoms with van der Waals surface area (Å²) in [6, 6.07) is 3.78. The topological polar surface area (TPSA) is 119 Å². The monoisotopic (exact) mass is 454 g/mol. The van der Waals surface area contributed by atoms with Crippen molar-refractivity contribution < 1.29 is 33.4 Å². The van der Waals surface area contributed by atoms with Crippen molar-refractivity contribution in [1.82, 2.24) is 10.2 Å². The van der Waals surface area contributed by atoms with Gasteiger partial charge in [-0.1, -0.05) is 17.9 Å². The first-order valence-corrected chi connectivity index (χ1v) is 10.7. The minimum absolute atomic E-state index is 0.0620. The van der Waals surface area contributed by atoms with Crippen molar-refractivity contribution in [2.24, 2.45) is 0 Å². The summed E-state index contributed by atoms with van der Waals surface area (Å²) in [5, 5.41) is 2.17. The number of esters is 1. The molecule has 2 heterocycles. The highest BCUT2D eigenvalue weighted by Crippen LogP contribution is 2.29. The number of unbranched alkanes of at least 4 members (excludes halogenated alkanes) is 1. The lowest BCUT2D eigenvalue weighted by molar-refractivity contribution is -0.160. The van der Waals surface area contributed by atoms with Crippen LogP contribution in [0.3, 0.4) is 0 Å². The van der Waals surface area contributed by atoms with E-state index in [0.29, 0.717) is 25.0 Å². The maximum atomic E-state index is 13.0. The summed E-state index contributed by atoms with van der Waals surface area (Å²) in [5.41, 5.74) is 0.197. The average Bonchev–Trinajstić information content (AvgIpc) is 2.97. The lowest BCUT2D eigenvalue weighted by Crippen LogP contribution is -2.54. The van der Waals surface area contributed by atoms with Crippen LogP contribution in [0, 0.1) is 11.8 Å². The van der Waals surface area contributed by atoms with Crippen LogP contribution < -0.4 is 5.32 Å². The first-order valence-electron chi connectivity index (χ1n) is 10.7. The molecule has 2 aliphatic heterocycles. The number of ether oxygens (including phenoxy) is 2. The van der Waals surface area contributed by atoms with Gasteiger partial charge in [-0.15, -0.1) is 0 Å².